The van der Waals surface area contributed by atoms with E-state index in [0.29, 0.717) is 0 Å². The van der Waals surface area contributed by atoms with E-state index in [9.17, 15) is 51.6 Å². The van der Waals surface area contributed by atoms with Gasteiger partial charge in [-0.3, -0.25) is 43.3 Å². The average Bonchev–Trinajstić information content (AvgIpc) is 3.64. The van der Waals surface area contributed by atoms with Gasteiger partial charge in [-0.1, -0.05) is 126 Å². The van der Waals surface area contributed by atoms with E-state index >= 15 is 0 Å². The molecule has 3 rings (SSSR count). The van der Waals surface area contributed by atoms with Crippen molar-refractivity contribution in [2.45, 2.75) is 157 Å². The van der Waals surface area contributed by atoms with Crippen LogP contribution < -0.4 is 42.4 Å². The van der Waals surface area contributed by atoms with Crippen LogP contribution in [-0.2, 0) is 58.5 Å². The van der Waals surface area contributed by atoms with Crippen molar-refractivity contribution < 1.29 is 56.3 Å². The fraction of sp³-hybridized carbons (Fsp3) is 0.576. The van der Waals surface area contributed by atoms with Crippen molar-refractivity contribution in [1.82, 2.24) is 41.1 Å². The number of rotatable bonds is 30. The molecule has 0 bridgehead atoms. The number of likely N-dealkylation sites (N-methyl/N-ethyl adjacent to an activating group) is 2. The number of urea groups is 1. The van der Waals surface area contributed by atoms with Gasteiger partial charge >= 0.3 is 6.03 Å². The van der Waals surface area contributed by atoms with Crippen LogP contribution in [0, 0.1) is 28.1 Å². The van der Waals surface area contributed by atoms with E-state index in [0.717, 1.165) is 10.5 Å². The highest BCUT2D eigenvalue weighted by Gasteiger charge is 2.42. The van der Waals surface area contributed by atoms with E-state index in [2.05, 4.69) is 36.6 Å². The third-order valence-electron chi connectivity index (χ3n) is 14.1. The van der Waals surface area contributed by atoms with Crippen LogP contribution in [0.2, 0.25) is 0 Å². The van der Waals surface area contributed by atoms with E-state index in [1.165, 1.54) is 54.3 Å². The summed E-state index contributed by atoms with van der Waals surface area (Å²) in [5.74, 6) is -5.06. The lowest BCUT2D eigenvalue weighted by Gasteiger charge is -2.40. The van der Waals surface area contributed by atoms with Crippen molar-refractivity contribution in [2.24, 2.45) is 33.8 Å². The third kappa shape index (κ3) is 20.5. The smallest absolute Gasteiger partial charge is 0.312 e. The Morgan fingerprint density at radius 2 is 1.32 bits per heavy atom. The first-order valence-corrected chi connectivity index (χ1v) is 29.0. The Morgan fingerprint density at radius 1 is 0.744 bits per heavy atom. The van der Waals surface area contributed by atoms with Crippen molar-refractivity contribution in [3.05, 3.63) is 84.0 Å². The number of hydrogen-bond donors (Lipinski definition) is 8. The zero-order chi connectivity index (χ0) is 62.3. The Kier molecular flexibility index (Phi) is 24.8. The highest BCUT2D eigenvalue weighted by atomic mass is 32.2. The van der Waals surface area contributed by atoms with E-state index in [1.807, 2.05) is 106 Å². The van der Waals surface area contributed by atoms with Crippen LogP contribution in [0.1, 0.15) is 122 Å². The second kappa shape index (κ2) is 29.3. The molecule has 5 atom stereocenters. The first-order valence-electron chi connectivity index (χ1n) is 27.5. The van der Waals surface area contributed by atoms with Crippen LogP contribution in [0.5, 0.6) is 0 Å². The summed E-state index contributed by atoms with van der Waals surface area (Å²) in [6.07, 6.45) is 4.11. The second-order valence-corrected chi connectivity index (χ2v) is 26.7. The predicted octanol–water partition coefficient (Wildman–Crippen LogP) is 4.41. The Bertz CT molecular complexity index is 2770. The van der Waals surface area contributed by atoms with Gasteiger partial charge in [0.25, 0.3) is 27.7 Å². The van der Waals surface area contributed by atoms with Gasteiger partial charge in [-0.15, -0.1) is 0 Å². The van der Waals surface area contributed by atoms with Gasteiger partial charge < -0.3 is 47.3 Å². The van der Waals surface area contributed by atoms with Crippen LogP contribution >= 0.6 is 0 Å². The number of ether oxygens (including phenoxy) is 1. The van der Waals surface area contributed by atoms with Gasteiger partial charge in [-0.05, 0) is 79.3 Å². The molecule has 9 N–H and O–H groups in total. The Morgan fingerprint density at radius 3 is 1.84 bits per heavy atom. The molecule has 10 amide bonds. The molecule has 0 saturated carbocycles. The third-order valence-corrected chi connectivity index (χ3v) is 15.4. The molecule has 0 aromatic heterocycles. The summed E-state index contributed by atoms with van der Waals surface area (Å²) in [6, 6.07) is 9.01. The van der Waals surface area contributed by atoms with Crippen LogP contribution in [0.25, 0.3) is 0 Å². The van der Waals surface area contributed by atoms with Gasteiger partial charge in [0.2, 0.25) is 29.5 Å². The molecule has 1 heterocycles. The zero-order valence-corrected chi connectivity index (χ0v) is 51.5. The number of nitrogens with two attached hydrogens (primary N) is 1. The van der Waals surface area contributed by atoms with Gasteiger partial charge in [0.1, 0.15) is 18.1 Å². The molecule has 1 aliphatic rings. The highest BCUT2D eigenvalue weighted by Crippen LogP contribution is 2.30. The van der Waals surface area contributed by atoms with E-state index in [4.69, 9.17) is 10.5 Å². The largest absolute Gasteiger partial charge is 0.380 e. The molecule has 82 heavy (non-hydrogen) atoms. The van der Waals surface area contributed by atoms with Gasteiger partial charge in [-0.2, -0.15) is 0 Å². The predicted molar refractivity (Wildman–Crippen MR) is 314 cm³/mol. The number of carbonyl (C=O) groups is 9. The minimum atomic E-state index is -4.50. The lowest BCUT2D eigenvalue weighted by molar-refractivity contribution is -0.141. The highest BCUT2D eigenvalue weighted by molar-refractivity contribution is 7.90. The summed E-state index contributed by atoms with van der Waals surface area (Å²) >= 11 is 0. The van der Waals surface area contributed by atoms with Crippen molar-refractivity contribution in [3.8, 4) is 0 Å². The SMILES string of the molecule is CNC(C(=O)NC(C(=O)N(C)C(C=C(C)C(=O)NS(=O)(=O)c1ccc(NC(=O)C(CCCNC(N)=O)NC(=O)C(NC(=O)CC(C)(C)COCC(C)(C)CN2C(=O)C=CC2=O)C(C)C)cc1)C(C)C)C(C)(C)C)C(C)(C)c1ccccc1. The number of benzene rings is 2. The van der Waals surface area contributed by atoms with E-state index in [-0.39, 0.29) is 73.5 Å². The van der Waals surface area contributed by atoms with Gasteiger partial charge in [0.05, 0.1) is 30.2 Å². The molecule has 0 aliphatic carbocycles. The van der Waals surface area contributed by atoms with Crippen LogP contribution in [0.3, 0.4) is 0 Å². The number of sulfonamides is 1. The molecule has 0 saturated heterocycles. The van der Waals surface area contributed by atoms with Gasteiger partial charge in [0.15, 0.2) is 0 Å². The molecule has 5 unspecified atom stereocenters. The molecule has 1 aliphatic heterocycles. The van der Waals surface area contributed by atoms with E-state index in [1.54, 1.807) is 27.9 Å². The van der Waals surface area contributed by atoms with Crippen molar-refractivity contribution in [1.29, 1.82) is 0 Å². The Balaban J connectivity index is 1.72. The molecular weight excluding hydrogens is 1070 g/mol. The molecule has 0 radical (unpaired) electrons. The molecule has 0 fully saturated rings. The minimum absolute atomic E-state index is 0.00210. The number of primary amides is 1. The van der Waals surface area contributed by atoms with Crippen LogP contribution in [-0.4, -0.2) is 142 Å². The standard InChI is InChI=1S/C59H90N10O12S/c1-36(2)43(68(16)54(77)49(56(6,7)8)66-53(76)48(61-15)59(13,14)39-21-18-17-19-22-39)31-38(5)50(73)67-82(79,80)41-26-24-40(25-27-41)63-51(74)42(23-20-30-62-55(60)78)64-52(75)47(37(3)4)65-44(70)32-57(9,10)34-81-35-58(11,12)33-69-45(71)28-29-46(69)72/h17-19,21-22,24-29,31,36-37,42-43,47-49,61H,20,23,30,32-35H2,1-16H3,(H,63,74)(H,64,75)(H,65,70)(H,66,76)(H,67,73)(H3,60,62,78). The summed E-state index contributed by atoms with van der Waals surface area (Å²) < 4.78 is 35.3. The minimum Gasteiger partial charge on any atom is -0.380 e. The van der Waals surface area contributed by atoms with Gasteiger partial charge in [0, 0.05) is 60.8 Å². The number of carbonyl (C=O) groups excluding carboxylic acids is 9. The summed E-state index contributed by atoms with van der Waals surface area (Å²) in [6.45, 7) is 25.8. The van der Waals surface area contributed by atoms with E-state index < -0.39 is 115 Å². The molecule has 2 aromatic rings. The van der Waals surface area contributed by atoms with Crippen LogP contribution in [0.4, 0.5) is 10.5 Å². The number of hydrogen-bond acceptors (Lipinski definition) is 13. The summed E-state index contributed by atoms with van der Waals surface area (Å²) in [4.78, 5) is 121. The molecule has 23 heteroatoms. The number of anilines is 1. The topological polar surface area (TPSA) is 314 Å². The average molecular weight is 1160 g/mol. The maximum atomic E-state index is 14.4. The normalized spacial score (nSPS) is 15.3. The Hall–Kier alpha value is -6.98. The zero-order valence-electron chi connectivity index (χ0n) is 50.7. The number of nitrogens with zero attached hydrogens (tertiary/aromatic N) is 2. The van der Waals surface area contributed by atoms with Crippen molar-refractivity contribution >= 4 is 69.0 Å². The second-order valence-electron chi connectivity index (χ2n) is 25.0. The monoisotopic (exact) mass is 1160 g/mol. The number of nitrogens with one attached hydrogen (secondary N) is 7. The van der Waals surface area contributed by atoms with Crippen molar-refractivity contribution in [2.75, 3.05) is 45.7 Å². The maximum Gasteiger partial charge on any atom is 0.312 e. The van der Waals surface area contributed by atoms with Gasteiger partial charge in [-0.25, -0.2) is 17.9 Å². The molecule has 0 spiro atoms. The molecular formula is C59H90N10O12S. The van der Waals surface area contributed by atoms with Crippen molar-refractivity contribution in [3.63, 3.8) is 0 Å². The summed E-state index contributed by atoms with van der Waals surface area (Å²) in [7, 11) is -1.24. The molecule has 454 valence electrons. The first-order chi connectivity index (χ1) is 37.8. The van der Waals surface area contributed by atoms with Crippen LogP contribution in [0.15, 0.2) is 83.3 Å². The summed E-state index contributed by atoms with van der Waals surface area (Å²) in [5, 5.41) is 16.7. The molecule has 22 nitrogen and oxygen atoms in total. The first kappa shape index (κ1) is 69.3. The lowest BCUT2D eigenvalue weighted by Crippen LogP contribution is -2.61. The lowest BCUT2D eigenvalue weighted by atomic mass is 9.76. The fourth-order valence-electron chi connectivity index (χ4n) is 9.33. The fourth-order valence-corrected chi connectivity index (χ4v) is 10.3. The number of amides is 10. The Labute approximate surface area is 484 Å². The molecule has 2 aromatic carbocycles. The quantitative estimate of drug-likeness (QED) is 0.0306. The number of imide groups is 1. The summed E-state index contributed by atoms with van der Waals surface area (Å²) in [5.41, 5.74) is 3.59. The maximum absolute atomic E-state index is 14.4.